The van der Waals surface area contributed by atoms with Crippen molar-refractivity contribution in [2.75, 3.05) is 18.8 Å². The summed E-state index contributed by atoms with van der Waals surface area (Å²) in [5.74, 6) is 0.241. The molecule has 0 spiro atoms. The average Bonchev–Trinajstić information content (AvgIpc) is 3.20. The molecule has 0 aromatic heterocycles. The first kappa shape index (κ1) is 19.7. The number of benzene rings is 1. The highest BCUT2D eigenvalue weighted by Crippen LogP contribution is 2.16. The third kappa shape index (κ3) is 6.25. The summed E-state index contributed by atoms with van der Waals surface area (Å²) in [5.41, 5.74) is 0.693. The first-order valence-electron chi connectivity index (χ1n) is 9.35. The molecule has 8 heteroatoms. The molecular formula is C19H26N4O3S. The second-order valence-corrected chi connectivity index (χ2v) is 7.97. The van der Waals surface area contributed by atoms with Gasteiger partial charge in [-0.3, -0.25) is 19.7 Å². The van der Waals surface area contributed by atoms with Crippen molar-refractivity contribution in [2.24, 2.45) is 0 Å². The third-order valence-electron chi connectivity index (χ3n) is 4.71. The van der Waals surface area contributed by atoms with Crippen LogP contribution >= 0.6 is 11.8 Å². The number of nitrogens with zero attached hydrogens (tertiary/aromatic N) is 1. The van der Waals surface area contributed by atoms with Gasteiger partial charge in [-0.2, -0.15) is 0 Å². The van der Waals surface area contributed by atoms with Gasteiger partial charge in [0.15, 0.2) is 0 Å². The highest BCUT2D eigenvalue weighted by atomic mass is 32.2. The fraction of sp³-hybridized carbons (Fsp3) is 0.526. The van der Waals surface area contributed by atoms with Crippen molar-refractivity contribution in [3.05, 3.63) is 35.9 Å². The lowest BCUT2D eigenvalue weighted by Crippen LogP contribution is -2.56. The minimum Gasteiger partial charge on any atom is -0.352 e. The summed E-state index contributed by atoms with van der Waals surface area (Å²) in [6.45, 7) is 2.13. The number of likely N-dealkylation sites (tertiary alicyclic amines) is 1. The van der Waals surface area contributed by atoms with Crippen LogP contribution in [0.15, 0.2) is 30.3 Å². The lowest BCUT2D eigenvalue weighted by molar-refractivity contribution is -0.128. The molecule has 2 aliphatic rings. The van der Waals surface area contributed by atoms with Crippen molar-refractivity contribution in [3.63, 3.8) is 0 Å². The Hall–Kier alpha value is -2.06. The van der Waals surface area contributed by atoms with E-state index in [0.717, 1.165) is 31.5 Å². The number of nitrogens with one attached hydrogen (secondary N) is 3. The second kappa shape index (κ2) is 9.75. The number of hydrogen-bond donors (Lipinski definition) is 3. The van der Waals surface area contributed by atoms with E-state index in [9.17, 15) is 14.4 Å². The molecule has 2 fully saturated rings. The van der Waals surface area contributed by atoms with Gasteiger partial charge in [0.25, 0.3) is 0 Å². The molecule has 2 aliphatic heterocycles. The van der Waals surface area contributed by atoms with Gasteiger partial charge in [0.05, 0.1) is 5.75 Å². The second-order valence-electron chi connectivity index (χ2n) is 6.88. The van der Waals surface area contributed by atoms with E-state index in [1.165, 1.54) is 11.8 Å². The quantitative estimate of drug-likeness (QED) is 0.641. The molecule has 27 heavy (non-hydrogen) atoms. The predicted octanol–water partition coefficient (Wildman–Crippen LogP) is 0.810. The minimum atomic E-state index is -0.343. The Morgan fingerprint density at radius 1 is 1.19 bits per heavy atom. The maximum absolute atomic E-state index is 12.2. The molecule has 2 heterocycles. The van der Waals surface area contributed by atoms with Crippen molar-refractivity contribution in [3.8, 4) is 0 Å². The summed E-state index contributed by atoms with van der Waals surface area (Å²) < 4.78 is 0. The number of hydrogen-bond acceptors (Lipinski definition) is 5. The van der Waals surface area contributed by atoms with Gasteiger partial charge in [-0.1, -0.05) is 30.3 Å². The highest BCUT2D eigenvalue weighted by Gasteiger charge is 2.28. The van der Waals surface area contributed by atoms with Crippen molar-refractivity contribution in [1.82, 2.24) is 20.9 Å². The largest absolute Gasteiger partial charge is 0.352 e. The fourth-order valence-corrected chi connectivity index (χ4v) is 4.26. The molecule has 7 nitrogen and oxygen atoms in total. The molecule has 1 aromatic carbocycles. The van der Waals surface area contributed by atoms with Gasteiger partial charge >= 0.3 is 0 Å². The van der Waals surface area contributed by atoms with Crippen LogP contribution in [0.4, 0.5) is 0 Å². The smallest absolute Gasteiger partial charge is 0.232 e. The summed E-state index contributed by atoms with van der Waals surface area (Å²) in [4.78, 5) is 38.2. The van der Waals surface area contributed by atoms with E-state index in [2.05, 4.69) is 16.0 Å². The van der Waals surface area contributed by atoms with Gasteiger partial charge in [-0.25, -0.2) is 0 Å². The van der Waals surface area contributed by atoms with Gasteiger partial charge in [0.2, 0.25) is 17.7 Å². The molecule has 0 radical (unpaired) electrons. The van der Waals surface area contributed by atoms with Crippen LogP contribution in [-0.4, -0.2) is 53.0 Å². The van der Waals surface area contributed by atoms with E-state index in [0.29, 0.717) is 12.3 Å². The molecule has 2 saturated heterocycles. The zero-order valence-corrected chi connectivity index (χ0v) is 16.1. The summed E-state index contributed by atoms with van der Waals surface area (Å²) in [5, 5.41) is 8.98. The summed E-state index contributed by atoms with van der Waals surface area (Å²) >= 11 is 1.37. The van der Waals surface area contributed by atoms with Crippen LogP contribution in [0, 0.1) is 0 Å². The number of carbonyl (C=O) groups is 3. The van der Waals surface area contributed by atoms with Crippen molar-refractivity contribution < 1.29 is 14.4 Å². The van der Waals surface area contributed by atoms with Crippen molar-refractivity contribution >= 4 is 29.5 Å². The monoisotopic (exact) mass is 390 g/mol. The Morgan fingerprint density at radius 2 is 1.93 bits per heavy atom. The van der Waals surface area contributed by atoms with Crippen LogP contribution in [0.5, 0.6) is 0 Å². The molecule has 3 N–H and O–H groups in total. The standard InChI is InChI=1S/C19H26N4O3S/c24-16(20-12-14-6-2-1-3-7-14)10-15-11-17(25)22-19(21-15)27-13-18(26)23-8-4-5-9-23/h1-3,6-7,15,19,21H,4-5,8-13H2,(H,20,24)(H,22,25). The van der Waals surface area contributed by atoms with Gasteiger partial charge in [0, 0.05) is 38.5 Å². The van der Waals surface area contributed by atoms with Gasteiger partial charge in [0.1, 0.15) is 5.50 Å². The normalized spacial score (nSPS) is 22.4. The van der Waals surface area contributed by atoms with E-state index in [1.807, 2.05) is 35.2 Å². The van der Waals surface area contributed by atoms with Crippen molar-refractivity contribution in [2.45, 2.75) is 43.8 Å². The summed E-state index contributed by atoms with van der Waals surface area (Å²) in [6, 6.07) is 9.48. The molecule has 0 saturated carbocycles. The predicted molar refractivity (Wildman–Crippen MR) is 105 cm³/mol. The van der Waals surface area contributed by atoms with Gasteiger partial charge in [-0.15, -0.1) is 11.8 Å². The Balaban J connectivity index is 1.41. The maximum Gasteiger partial charge on any atom is 0.232 e. The Bertz CT molecular complexity index is 664. The molecule has 3 amide bonds. The first-order valence-corrected chi connectivity index (χ1v) is 10.4. The Labute approximate surface area is 163 Å². The lowest BCUT2D eigenvalue weighted by atomic mass is 10.1. The summed E-state index contributed by atoms with van der Waals surface area (Å²) in [6.07, 6.45) is 2.62. The maximum atomic E-state index is 12.2. The van der Waals surface area contributed by atoms with E-state index in [1.54, 1.807) is 0 Å². The van der Waals surface area contributed by atoms with E-state index >= 15 is 0 Å². The SMILES string of the molecule is O=C(CC1CC(=O)NC(SCC(=O)N2CCCC2)N1)NCc1ccccc1. The number of carbonyl (C=O) groups excluding carboxylic acids is 3. The molecule has 2 unspecified atom stereocenters. The summed E-state index contributed by atoms with van der Waals surface area (Å²) in [7, 11) is 0. The number of thioether (sulfide) groups is 1. The van der Waals surface area contributed by atoms with E-state index in [-0.39, 0.29) is 42.1 Å². The molecule has 0 bridgehead atoms. The zero-order valence-electron chi connectivity index (χ0n) is 15.3. The lowest BCUT2D eigenvalue weighted by Gasteiger charge is -2.31. The zero-order chi connectivity index (χ0) is 19.1. The Morgan fingerprint density at radius 3 is 2.67 bits per heavy atom. The third-order valence-corrected chi connectivity index (χ3v) is 5.71. The van der Waals surface area contributed by atoms with Crippen LogP contribution in [0.3, 0.4) is 0 Å². The number of amides is 3. The van der Waals surface area contributed by atoms with Crippen LogP contribution in [0.1, 0.15) is 31.2 Å². The van der Waals surface area contributed by atoms with E-state index < -0.39 is 0 Å². The molecular weight excluding hydrogens is 364 g/mol. The molecule has 1 aromatic rings. The molecule has 2 atom stereocenters. The average molecular weight is 391 g/mol. The van der Waals surface area contributed by atoms with Gasteiger partial charge in [-0.05, 0) is 18.4 Å². The van der Waals surface area contributed by atoms with Crippen LogP contribution in [-0.2, 0) is 20.9 Å². The fourth-order valence-electron chi connectivity index (χ4n) is 3.27. The molecule has 0 aliphatic carbocycles. The van der Waals surface area contributed by atoms with Crippen LogP contribution in [0.25, 0.3) is 0 Å². The van der Waals surface area contributed by atoms with Gasteiger partial charge < -0.3 is 15.5 Å². The highest BCUT2D eigenvalue weighted by molar-refractivity contribution is 8.00. The number of rotatable bonds is 7. The molecule has 3 rings (SSSR count). The molecule has 146 valence electrons. The Kier molecular flexibility index (Phi) is 7.11. The van der Waals surface area contributed by atoms with Crippen LogP contribution < -0.4 is 16.0 Å². The van der Waals surface area contributed by atoms with Crippen molar-refractivity contribution in [1.29, 1.82) is 0 Å². The minimum absolute atomic E-state index is 0.0945. The first-order chi connectivity index (χ1) is 13.1. The van der Waals surface area contributed by atoms with E-state index in [4.69, 9.17) is 0 Å². The van der Waals surface area contributed by atoms with Crippen LogP contribution in [0.2, 0.25) is 0 Å². The topological polar surface area (TPSA) is 90.5 Å².